The lowest BCUT2D eigenvalue weighted by molar-refractivity contribution is 0.616. The van der Waals surface area contributed by atoms with Crippen molar-refractivity contribution >= 4 is 22.6 Å². The molecule has 1 aromatic heterocycles. The lowest BCUT2D eigenvalue weighted by Gasteiger charge is -2.00. The van der Waals surface area contributed by atoms with Crippen LogP contribution in [0, 0.1) is 0 Å². The molecule has 0 aliphatic carbocycles. The van der Waals surface area contributed by atoms with Crippen molar-refractivity contribution in [2.24, 2.45) is 0 Å². The molecule has 0 N–H and O–H groups in total. The quantitative estimate of drug-likeness (QED) is 0.394. The maximum Gasteiger partial charge on any atom is 0.133 e. The van der Waals surface area contributed by atoms with Crippen molar-refractivity contribution in [3.05, 3.63) is 96.2 Å². The number of hydrogen-bond acceptors (Lipinski definition) is 1. The third-order valence-corrected chi connectivity index (χ3v) is 3.56. The molecule has 4 rings (SSSR count). The predicted molar refractivity (Wildman–Crippen MR) is 93.1 cm³/mol. The molecule has 0 spiro atoms. The zero-order valence-electron chi connectivity index (χ0n) is 11.9. The molecule has 0 amide bonds. The summed E-state index contributed by atoms with van der Waals surface area (Å²) in [4.78, 5) is 0. The van der Waals surface area contributed by atoms with Gasteiger partial charge in [-0.2, -0.15) is 0 Å². The topological polar surface area (TPSA) is 13.1 Å². The normalized spacial score (nSPS) is 10.0. The van der Waals surface area contributed by atoms with Gasteiger partial charge in [-0.05, 0) is 35.4 Å². The SMILES string of the molecule is Clc1ccc(-c2ccccc2)cc1.c1ccc2occc2c1. The Morgan fingerprint density at radius 3 is 1.95 bits per heavy atom. The number of hydrogen-bond donors (Lipinski definition) is 0. The lowest BCUT2D eigenvalue weighted by Crippen LogP contribution is -1.74. The van der Waals surface area contributed by atoms with Crippen molar-refractivity contribution in [1.29, 1.82) is 0 Å². The van der Waals surface area contributed by atoms with Crippen LogP contribution in [0.15, 0.2) is 95.6 Å². The molecule has 108 valence electrons. The molecule has 0 radical (unpaired) electrons. The molecule has 0 aliphatic heterocycles. The largest absolute Gasteiger partial charge is 0.464 e. The second-order valence-corrected chi connectivity index (χ2v) is 5.27. The van der Waals surface area contributed by atoms with Gasteiger partial charge in [0.1, 0.15) is 5.58 Å². The minimum absolute atomic E-state index is 0.777. The van der Waals surface area contributed by atoms with Crippen molar-refractivity contribution in [1.82, 2.24) is 0 Å². The van der Waals surface area contributed by atoms with Gasteiger partial charge in [-0.15, -0.1) is 0 Å². The predicted octanol–water partition coefficient (Wildman–Crippen LogP) is 6.44. The highest BCUT2D eigenvalue weighted by molar-refractivity contribution is 6.30. The van der Waals surface area contributed by atoms with Crippen molar-refractivity contribution in [3.63, 3.8) is 0 Å². The van der Waals surface area contributed by atoms with E-state index in [4.69, 9.17) is 16.0 Å². The molecular weight excluding hydrogens is 292 g/mol. The van der Waals surface area contributed by atoms with Gasteiger partial charge < -0.3 is 4.42 Å². The number of rotatable bonds is 1. The summed E-state index contributed by atoms with van der Waals surface area (Å²) in [7, 11) is 0. The van der Waals surface area contributed by atoms with Crippen molar-refractivity contribution in [2.75, 3.05) is 0 Å². The first-order chi connectivity index (χ1) is 10.8. The summed E-state index contributed by atoms with van der Waals surface area (Å²) in [6.07, 6.45) is 1.70. The monoisotopic (exact) mass is 306 g/mol. The number of benzene rings is 3. The third-order valence-electron chi connectivity index (χ3n) is 3.31. The van der Waals surface area contributed by atoms with Gasteiger partial charge in [0, 0.05) is 10.4 Å². The van der Waals surface area contributed by atoms with E-state index in [0.29, 0.717) is 0 Å². The Labute approximate surface area is 134 Å². The Morgan fingerprint density at radius 1 is 0.591 bits per heavy atom. The Hall–Kier alpha value is -2.51. The summed E-state index contributed by atoms with van der Waals surface area (Å²) in [6.45, 7) is 0. The van der Waals surface area contributed by atoms with Crippen molar-refractivity contribution in [2.45, 2.75) is 0 Å². The van der Waals surface area contributed by atoms with Gasteiger partial charge in [0.05, 0.1) is 6.26 Å². The van der Waals surface area contributed by atoms with E-state index in [1.165, 1.54) is 11.1 Å². The summed E-state index contributed by atoms with van der Waals surface area (Å²) in [5.74, 6) is 0. The second kappa shape index (κ2) is 6.97. The van der Waals surface area contributed by atoms with Crippen molar-refractivity contribution < 1.29 is 4.42 Å². The highest BCUT2D eigenvalue weighted by Crippen LogP contribution is 2.20. The zero-order valence-corrected chi connectivity index (χ0v) is 12.7. The molecule has 2 heteroatoms. The van der Waals surface area contributed by atoms with Gasteiger partial charge in [-0.25, -0.2) is 0 Å². The Kier molecular flexibility index (Phi) is 4.57. The standard InChI is InChI=1S/C12H9Cl.C8H6O/c13-12-8-6-11(7-9-12)10-4-2-1-3-5-10;1-2-4-8-7(3-1)5-6-9-8/h1-9H;1-6H. The van der Waals surface area contributed by atoms with Crippen LogP contribution in [0.25, 0.3) is 22.1 Å². The van der Waals surface area contributed by atoms with Gasteiger partial charge in [-0.1, -0.05) is 72.3 Å². The maximum absolute atomic E-state index is 5.80. The molecule has 0 unspecified atom stereocenters. The van der Waals surface area contributed by atoms with E-state index in [-0.39, 0.29) is 0 Å². The average molecular weight is 307 g/mol. The van der Waals surface area contributed by atoms with Crippen LogP contribution in [0.3, 0.4) is 0 Å². The van der Waals surface area contributed by atoms with Crippen LogP contribution in [0.5, 0.6) is 0 Å². The van der Waals surface area contributed by atoms with Crippen LogP contribution in [0.2, 0.25) is 5.02 Å². The van der Waals surface area contributed by atoms with Gasteiger partial charge in [0.15, 0.2) is 0 Å². The molecule has 0 saturated heterocycles. The highest BCUT2D eigenvalue weighted by Gasteiger charge is 1.94. The molecule has 0 fully saturated rings. The molecule has 4 aromatic rings. The molecule has 3 aromatic carbocycles. The van der Waals surface area contributed by atoms with Crippen LogP contribution < -0.4 is 0 Å². The Morgan fingerprint density at radius 2 is 1.23 bits per heavy atom. The molecule has 1 nitrogen and oxygen atoms in total. The Bertz CT molecular complexity index is 802. The summed E-state index contributed by atoms with van der Waals surface area (Å²) in [5.41, 5.74) is 3.38. The molecule has 22 heavy (non-hydrogen) atoms. The highest BCUT2D eigenvalue weighted by atomic mass is 35.5. The zero-order chi connectivity index (χ0) is 15.2. The lowest BCUT2D eigenvalue weighted by atomic mass is 10.1. The van der Waals surface area contributed by atoms with E-state index in [1.54, 1.807) is 6.26 Å². The summed E-state index contributed by atoms with van der Waals surface area (Å²) in [6, 6.07) is 28.0. The molecule has 0 atom stereocenters. The average Bonchev–Trinajstić information content (AvgIpc) is 3.06. The van der Waals surface area contributed by atoms with Gasteiger partial charge in [-0.3, -0.25) is 0 Å². The fourth-order valence-corrected chi connectivity index (χ4v) is 2.31. The van der Waals surface area contributed by atoms with Crippen molar-refractivity contribution in [3.8, 4) is 11.1 Å². The summed E-state index contributed by atoms with van der Waals surface area (Å²) >= 11 is 5.80. The minimum Gasteiger partial charge on any atom is -0.464 e. The smallest absolute Gasteiger partial charge is 0.133 e. The molecule has 1 heterocycles. The van der Waals surface area contributed by atoms with Crippen LogP contribution in [-0.4, -0.2) is 0 Å². The number of para-hydroxylation sites is 1. The van der Waals surface area contributed by atoms with E-state index in [2.05, 4.69) is 12.1 Å². The number of halogens is 1. The van der Waals surface area contributed by atoms with E-state index < -0.39 is 0 Å². The van der Waals surface area contributed by atoms with Crippen LogP contribution in [0.4, 0.5) is 0 Å². The van der Waals surface area contributed by atoms with E-state index in [1.807, 2.05) is 72.8 Å². The van der Waals surface area contributed by atoms with Gasteiger partial charge >= 0.3 is 0 Å². The third kappa shape index (κ3) is 3.57. The maximum atomic E-state index is 5.80. The van der Waals surface area contributed by atoms with E-state index >= 15 is 0 Å². The fourth-order valence-electron chi connectivity index (χ4n) is 2.18. The van der Waals surface area contributed by atoms with E-state index in [0.717, 1.165) is 16.0 Å². The van der Waals surface area contributed by atoms with Crippen LogP contribution in [0.1, 0.15) is 0 Å². The first-order valence-corrected chi connectivity index (χ1v) is 7.44. The first kappa shape index (κ1) is 14.4. The minimum atomic E-state index is 0.777. The first-order valence-electron chi connectivity index (χ1n) is 7.06. The van der Waals surface area contributed by atoms with Gasteiger partial charge in [0.25, 0.3) is 0 Å². The van der Waals surface area contributed by atoms with E-state index in [9.17, 15) is 0 Å². The number of fused-ring (bicyclic) bond motifs is 1. The molecular formula is C20H15ClO. The summed E-state index contributed by atoms with van der Waals surface area (Å²) in [5, 5.41) is 1.94. The van der Waals surface area contributed by atoms with Crippen LogP contribution in [-0.2, 0) is 0 Å². The fraction of sp³-hybridized carbons (Fsp3) is 0. The molecule has 0 saturated carbocycles. The molecule has 0 bridgehead atoms. The number of furan rings is 1. The molecule has 0 aliphatic rings. The Balaban J connectivity index is 0.000000139. The second-order valence-electron chi connectivity index (χ2n) is 4.83. The van der Waals surface area contributed by atoms with Gasteiger partial charge in [0.2, 0.25) is 0 Å². The van der Waals surface area contributed by atoms with Crippen LogP contribution >= 0.6 is 11.6 Å². The summed E-state index contributed by atoms with van der Waals surface area (Å²) < 4.78 is 5.12.